The van der Waals surface area contributed by atoms with Crippen LogP contribution in [-0.2, 0) is 6.54 Å². The highest BCUT2D eigenvalue weighted by Gasteiger charge is 2.33. The maximum absolute atomic E-state index is 13.7. The van der Waals surface area contributed by atoms with Gasteiger partial charge in [0, 0.05) is 23.1 Å². The Morgan fingerprint density at radius 2 is 1.92 bits per heavy atom. The number of nitrogens with one attached hydrogen (secondary N) is 1. The molecule has 4 aromatic rings. The molecule has 9 nitrogen and oxygen atoms in total. The van der Waals surface area contributed by atoms with Crippen molar-refractivity contribution < 1.29 is 0 Å². The van der Waals surface area contributed by atoms with Gasteiger partial charge in [-0.1, -0.05) is 6.92 Å². The van der Waals surface area contributed by atoms with Crippen LogP contribution in [-0.4, -0.2) is 40.2 Å². The molecule has 2 aliphatic rings. The van der Waals surface area contributed by atoms with Crippen LogP contribution >= 0.6 is 11.8 Å². The van der Waals surface area contributed by atoms with Crippen LogP contribution in [0.15, 0.2) is 40.5 Å². The fraction of sp³-hybridized carbons (Fsp3) is 0.444. The number of aryl methyl sites for hydroxylation is 1. The summed E-state index contributed by atoms with van der Waals surface area (Å²) in [7, 11) is 0. The summed E-state index contributed by atoms with van der Waals surface area (Å²) in [5, 5.41) is 3.23. The fourth-order valence-electron chi connectivity index (χ4n) is 4.78. The molecule has 2 saturated carbocycles. The van der Waals surface area contributed by atoms with E-state index in [2.05, 4.69) is 50.2 Å². The predicted molar refractivity (Wildman–Crippen MR) is 145 cm³/mol. The quantitative estimate of drug-likeness (QED) is 0.311. The van der Waals surface area contributed by atoms with Crippen molar-refractivity contribution in [3.8, 4) is 11.4 Å². The number of pyridine rings is 1. The second-order valence-electron chi connectivity index (χ2n) is 9.88. The Morgan fingerprint density at radius 3 is 2.62 bits per heavy atom. The lowest BCUT2D eigenvalue weighted by molar-refractivity contribution is 0.482. The molecule has 0 aromatic carbocycles. The third kappa shape index (κ3) is 4.82. The van der Waals surface area contributed by atoms with Crippen molar-refractivity contribution in [1.82, 2.24) is 34.5 Å². The summed E-state index contributed by atoms with van der Waals surface area (Å²) in [6, 6.07) is 4.05. The molecular formula is C27H30N8OS. The molecule has 0 bridgehead atoms. The lowest BCUT2D eigenvalue weighted by atomic mass is 10.1. The van der Waals surface area contributed by atoms with E-state index in [-0.39, 0.29) is 11.6 Å². The van der Waals surface area contributed by atoms with E-state index in [9.17, 15) is 4.79 Å². The van der Waals surface area contributed by atoms with E-state index < -0.39 is 0 Å². The second kappa shape index (κ2) is 9.81. The molecule has 190 valence electrons. The van der Waals surface area contributed by atoms with Gasteiger partial charge < -0.3 is 5.32 Å². The average Bonchev–Trinajstić information content (AvgIpc) is 3.82. The van der Waals surface area contributed by atoms with Crippen molar-refractivity contribution in [3.05, 3.63) is 58.3 Å². The SMILES string of the molecule is CCSc1ccc(CNc2nc3cnc(-c4c(C)ncnc4C4CC4)nc3n(C(C)C3CC3)c2=O)nc1. The van der Waals surface area contributed by atoms with Crippen molar-refractivity contribution in [2.24, 2.45) is 5.92 Å². The molecule has 1 atom stereocenters. The van der Waals surface area contributed by atoms with Gasteiger partial charge in [-0.2, -0.15) is 0 Å². The van der Waals surface area contributed by atoms with E-state index in [1.54, 1.807) is 28.9 Å². The molecule has 4 heterocycles. The van der Waals surface area contributed by atoms with Gasteiger partial charge in [0.1, 0.15) is 11.8 Å². The Morgan fingerprint density at radius 1 is 1.08 bits per heavy atom. The van der Waals surface area contributed by atoms with Gasteiger partial charge >= 0.3 is 0 Å². The Balaban J connectivity index is 1.40. The highest BCUT2D eigenvalue weighted by Crippen LogP contribution is 2.43. The van der Waals surface area contributed by atoms with E-state index in [1.807, 2.05) is 19.2 Å². The van der Waals surface area contributed by atoms with E-state index in [1.165, 1.54) is 0 Å². The first kappa shape index (κ1) is 24.0. The van der Waals surface area contributed by atoms with Crippen LogP contribution in [0.5, 0.6) is 0 Å². The highest BCUT2D eigenvalue weighted by atomic mass is 32.2. The molecule has 4 aromatic heterocycles. The molecular weight excluding hydrogens is 484 g/mol. The molecule has 0 saturated heterocycles. The maximum atomic E-state index is 13.7. The first-order valence-electron chi connectivity index (χ1n) is 13.0. The molecule has 6 rings (SSSR count). The summed E-state index contributed by atoms with van der Waals surface area (Å²) in [4.78, 5) is 42.6. The van der Waals surface area contributed by atoms with Gasteiger partial charge in [0.2, 0.25) is 0 Å². The monoisotopic (exact) mass is 514 g/mol. The second-order valence-corrected chi connectivity index (χ2v) is 11.2. The zero-order chi connectivity index (χ0) is 25.5. The van der Waals surface area contributed by atoms with Gasteiger partial charge in [0.05, 0.1) is 35.4 Å². The minimum atomic E-state index is -0.168. The smallest absolute Gasteiger partial charge is 0.295 e. The fourth-order valence-corrected chi connectivity index (χ4v) is 5.41. The van der Waals surface area contributed by atoms with E-state index in [4.69, 9.17) is 4.98 Å². The highest BCUT2D eigenvalue weighted by molar-refractivity contribution is 7.99. The summed E-state index contributed by atoms with van der Waals surface area (Å²) < 4.78 is 1.80. The molecule has 1 N–H and O–H groups in total. The van der Waals surface area contributed by atoms with Crippen molar-refractivity contribution >= 4 is 28.7 Å². The van der Waals surface area contributed by atoms with Crippen LogP contribution in [0.1, 0.15) is 68.6 Å². The lowest BCUT2D eigenvalue weighted by Crippen LogP contribution is -2.29. The first-order chi connectivity index (χ1) is 18.0. The van der Waals surface area contributed by atoms with Crippen LogP contribution < -0.4 is 10.9 Å². The molecule has 0 radical (unpaired) electrons. The number of anilines is 1. The molecule has 0 amide bonds. The van der Waals surface area contributed by atoms with Crippen LogP contribution in [0, 0.1) is 12.8 Å². The molecule has 2 aliphatic carbocycles. The topological polar surface area (TPSA) is 111 Å². The Labute approximate surface area is 219 Å². The normalized spacial score (nSPS) is 16.2. The Hall–Kier alpha value is -3.40. The molecule has 37 heavy (non-hydrogen) atoms. The van der Waals surface area contributed by atoms with Gasteiger partial charge in [0.25, 0.3) is 5.56 Å². The van der Waals surface area contributed by atoms with Crippen LogP contribution in [0.2, 0.25) is 0 Å². The Bertz CT molecular complexity index is 1510. The van der Waals surface area contributed by atoms with Gasteiger partial charge in [-0.3, -0.25) is 14.3 Å². The van der Waals surface area contributed by atoms with Crippen molar-refractivity contribution in [2.75, 3.05) is 11.1 Å². The number of hydrogen-bond donors (Lipinski definition) is 1. The molecule has 1 unspecified atom stereocenters. The van der Waals surface area contributed by atoms with Crippen molar-refractivity contribution in [3.63, 3.8) is 0 Å². The van der Waals surface area contributed by atoms with E-state index in [0.29, 0.717) is 41.2 Å². The Kier molecular flexibility index (Phi) is 6.36. The molecule has 2 fully saturated rings. The van der Waals surface area contributed by atoms with Gasteiger partial charge in [-0.25, -0.2) is 24.9 Å². The lowest BCUT2D eigenvalue weighted by Gasteiger charge is -2.19. The summed E-state index contributed by atoms with van der Waals surface area (Å²) >= 11 is 1.75. The standard InChI is InChI=1S/C27H30N8OS/c1-4-37-20-10-9-19(28-12-20)11-29-25-27(36)35(16(3)17-5-6-17)26-21(33-25)13-30-24(34-26)22-15(2)31-14-32-23(22)18-7-8-18/h9-10,12-14,16-18H,4-8,11H2,1-3H3,(H,29,33). The largest absolute Gasteiger partial charge is 0.360 e. The summed E-state index contributed by atoms with van der Waals surface area (Å²) in [5.41, 5.74) is 4.55. The predicted octanol–water partition coefficient (Wildman–Crippen LogP) is 4.92. The minimum absolute atomic E-state index is 0.0146. The maximum Gasteiger partial charge on any atom is 0.295 e. The summed E-state index contributed by atoms with van der Waals surface area (Å²) in [6.45, 7) is 6.59. The number of hydrogen-bond acceptors (Lipinski definition) is 9. The third-order valence-corrected chi connectivity index (χ3v) is 8.01. The summed E-state index contributed by atoms with van der Waals surface area (Å²) in [6.07, 6.45) is 9.66. The number of nitrogens with zero attached hydrogens (tertiary/aromatic N) is 7. The first-order valence-corrected chi connectivity index (χ1v) is 13.9. The van der Waals surface area contributed by atoms with Gasteiger partial charge in [-0.05, 0) is 63.3 Å². The number of aromatic nitrogens is 7. The summed E-state index contributed by atoms with van der Waals surface area (Å²) in [5.74, 6) is 2.74. The van der Waals surface area contributed by atoms with Crippen LogP contribution in [0.4, 0.5) is 5.82 Å². The van der Waals surface area contributed by atoms with Crippen molar-refractivity contribution in [2.45, 2.75) is 69.9 Å². The zero-order valence-electron chi connectivity index (χ0n) is 21.3. The molecule has 0 spiro atoms. The van der Waals surface area contributed by atoms with E-state index >= 15 is 0 Å². The number of fused-ring (bicyclic) bond motifs is 1. The third-order valence-electron chi connectivity index (χ3n) is 7.14. The van der Waals surface area contributed by atoms with Crippen LogP contribution in [0.25, 0.3) is 22.6 Å². The van der Waals surface area contributed by atoms with E-state index in [0.717, 1.165) is 59.0 Å². The minimum Gasteiger partial charge on any atom is -0.360 e. The van der Waals surface area contributed by atoms with Gasteiger partial charge in [-0.15, -0.1) is 11.8 Å². The van der Waals surface area contributed by atoms with Crippen molar-refractivity contribution in [1.29, 1.82) is 0 Å². The number of rotatable bonds is 9. The zero-order valence-corrected chi connectivity index (χ0v) is 22.1. The number of thioether (sulfide) groups is 1. The van der Waals surface area contributed by atoms with Gasteiger partial charge in [0.15, 0.2) is 17.3 Å². The van der Waals surface area contributed by atoms with Crippen LogP contribution in [0.3, 0.4) is 0 Å². The molecule has 10 heteroatoms. The molecule has 0 aliphatic heterocycles. The average molecular weight is 515 g/mol.